The molecule has 4 nitrogen and oxygen atoms in total. The number of nitrogens with zero attached hydrogens (tertiary/aromatic N) is 1. The summed E-state index contributed by atoms with van der Waals surface area (Å²) >= 11 is 0. The lowest BCUT2D eigenvalue weighted by atomic mass is 10.0. The standard InChI is InChI=1S/C16H28N2O2/c1-2-11-20-12-5-10-18-14(13-6-3-4-7-13)17-16(8-9-16)15(18)19/h13-14,17H,2-12H2,1H3. The van der Waals surface area contributed by atoms with Gasteiger partial charge in [-0.15, -0.1) is 0 Å². The highest BCUT2D eigenvalue weighted by Gasteiger charge is 2.60. The van der Waals surface area contributed by atoms with E-state index in [1.807, 2.05) is 0 Å². The zero-order valence-electron chi connectivity index (χ0n) is 12.7. The Kier molecular flexibility index (Phi) is 4.32. The van der Waals surface area contributed by atoms with Crippen LogP contribution in [-0.2, 0) is 9.53 Å². The molecule has 1 atom stereocenters. The second-order valence-corrected chi connectivity index (χ2v) is 6.68. The van der Waals surface area contributed by atoms with Gasteiger partial charge in [0.25, 0.3) is 0 Å². The zero-order chi connectivity index (χ0) is 14.0. The van der Waals surface area contributed by atoms with Gasteiger partial charge in [-0.25, -0.2) is 0 Å². The number of ether oxygens (including phenoxy) is 1. The molecule has 2 saturated carbocycles. The summed E-state index contributed by atoms with van der Waals surface area (Å²) in [7, 11) is 0. The summed E-state index contributed by atoms with van der Waals surface area (Å²) in [4.78, 5) is 14.7. The van der Waals surface area contributed by atoms with E-state index in [1.54, 1.807) is 0 Å². The van der Waals surface area contributed by atoms with E-state index in [9.17, 15) is 4.79 Å². The second-order valence-electron chi connectivity index (χ2n) is 6.68. The maximum absolute atomic E-state index is 12.6. The van der Waals surface area contributed by atoms with Crippen LogP contribution < -0.4 is 5.32 Å². The Labute approximate surface area is 122 Å². The van der Waals surface area contributed by atoms with Crippen molar-refractivity contribution < 1.29 is 9.53 Å². The van der Waals surface area contributed by atoms with Gasteiger partial charge in [0, 0.05) is 19.8 Å². The molecule has 3 fully saturated rings. The molecule has 0 bridgehead atoms. The summed E-state index contributed by atoms with van der Waals surface area (Å²) in [5.74, 6) is 1.04. The lowest BCUT2D eigenvalue weighted by Crippen LogP contribution is -2.43. The van der Waals surface area contributed by atoms with Crippen LogP contribution in [0.5, 0.6) is 0 Å². The lowest BCUT2D eigenvalue weighted by molar-refractivity contribution is -0.131. The number of amides is 1. The third-order valence-electron chi connectivity index (χ3n) is 5.06. The minimum Gasteiger partial charge on any atom is -0.381 e. The fraction of sp³-hybridized carbons (Fsp3) is 0.938. The quantitative estimate of drug-likeness (QED) is 0.728. The van der Waals surface area contributed by atoms with Gasteiger partial charge in [-0.2, -0.15) is 0 Å². The first-order valence-electron chi connectivity index (χ1n) is 8.43. The normalized spacial score (nSPS) is 28.8. The molecule has 0 aromatic heterocycles. The van der Waals surface area contributed by atoms with Crippen LogP contribution in [0.4, 0.5) is 0 Å². The zero-order valence-corrected chi connectivity index (χ0v) is 12.7. The molecule has 1 aliphatic heterocycles. The van der Waals surface area contributed by atoms with Gasteiger partial charge in [-0.3, -0.25) is 10.1 Å². The minimum absolute atomic E-state index is 0.155. The molecule has 0 aromatic carbocycles. The predicted molar refractivity (Wildman–Crippen MR) is 78.3 cm³/mol. The Morgan fingerprint density at radius 3 is 2.70 bits per heavy atom. The van der Waals surface area contributed by atoms with Gasteiger partial charge in [0.2, 0.25) is 5.91 Å². The molecule has 1 heterocycles. The monoisotopic (exact) mass is 280 g/mol. The molecule has 0 aromatic rings. The van der Waals surface area contributed by atoms with E-state index < -0.39 is 0 Å². The van der Waals surface area contributed by atoms with Gasteiger partial charge < -0.3 is 9.64 Å². The highest BCUT2D eigenvalue weighted by Crippen LogP contribution is 2.45. The van der Waals surface area contributed by atoms with Crippen molar-refractivity contribution in [2.45, 2.75) is 70.0 Å². The maximum Gasteiger partial charge on any atom is 0.244 e. The maximum atomic E-state index is 12.6. The van der Waals surface area contributed by atoms with Crippen LogP contribution >= 0.6 is 0 Å². The Balaban J connectivity index is 1.55. The summed E-state index contributed by atoms with van der Waals surface area (Å²) in [6, 6.07) is 0. The van der Waals surface area contributed by atoms with Crippen molar-refractivity contribution in [3.63, 3.8) is 0 Å². The van der Waals surface area contributed by atoms with Crippen molar-refractivity contribution in [2.24, 2.45) is 5.92 Å². The molecule has 1 saturated heterocycles. The fourth-order valence-electron chi connectivity index (χ4n) is 3.78. The molecule has 4 heteroatoms. The smallest absolute Gasteiger partial charge is 0.244 e. The summed E-state index contributed by atoms with van der Waals surface area (Å²) in [6.45, 7) is 4.60. The first kappa shape index (κ1) is 14.3. The van der Waals surface area contributed by atoms with Crippen molar-refractivity contribution in [2.75, 3.05) is 19.8 Å². The first-order chi connectivity index (χ1) is 9.77. The highest BCUT2D eigenvalue weighted by molar-refractivity contribution is 5.91. The summed E-state index contributed by atoms with van der Waals surface area (Å²) < 4.78 is 5.55. The molecule has 20 heavy (non-hydrogen) atoms. The number of carbonyl (C=O) groups excluding carboxylic acids is 1. The molecule has 1 unspecified atom stereocenters. The number of rotatable bonds is 7. The van der Waals surface area contributed by atoms with Gasteiger partial charge in [0.15, 0.2) is 0 Å². The molecule has 1 amide bonds. The third kappa shape index (κ3) is 2.73. The topological polar surface area (TPSA) is 41.6 Å². The first-order valence-corrected chi connectivity index (χ1v) is 8.43. The summed E-state index contributed by atoms with van der Waals surface area (Å²) in [6.07, 6.45) is 9.64. The molecular weight excluding hydrogens is 252 g/mol. The highest BCUT2D eigenvalue weighted by atomic mass is 16.5. The molecule has 2 aliphatic carbocycles. The van der Waals surface area contributed by atoms with Crippen LogP contribution in [-0.4, -0.2) is 42.3 Å². The molecule has 114 valence electrons. The van der Waals surface area contributed by atoms with Gasteiger partial charge in [-0.05, 0) is 44.4 Å². The Hall–Kier alpha value is -0.610. The van der Waals surface area contributed by atoms with E-state index in [0.29, 0.717) is 18.0 Å². The largest absolute Gasteiger partial charge is 0.381 e. The van der Waals surface area contributed by atoms with Crippen LogP contribution in [0.3, 0.4) is 0 Å². The Bertz CT molecular complexity index is 348. The van der Waals surface area contributed by atoms with Crippen molar-refractivity contribution in [3.8, 4) is 0 Å². The summed E-state index contributed by atoms with van der Waals surface area (Å²) in [5.41, 5.74) is -0.155. The van der Waals surface area contributed by atoms with E-state index in [0.717, 1.165) is 45.4 Å². The SMILES string of the molecule is CCCOCCCN1C(=O)C2(CC2)NC1C1CCCC1. The molecular formula is C16H28N2O2. The van der Waals surface area contributed by atoms with Crippen molar-refractivity contribution in [3.05, 3.63) is 0 Å². The van der Waals surface area contributed by atoms with E-state index in [4.69, 9.17) is 4.74 Å². The average Bonchev–Trinajstić information content (AvgIpc) is 2.93. The van der Waals surface area contributed by atoms with Crippen LogP contribution in [0, 0.1) is 5.92 Å². The van der Waals surface area contributed by atoms with E-state index >= 15 is 0 Å². The van der Waals surface area contributed by atoms with Crippen molar-refractivity contribution in [1.29, 1.82) is 0 Å². The average molecular weight is 280 g/mol. The minimum atomic E-state index is -0.155. The van der Waals surface area contributed by atoms with Crippen LogP contribution in [0.2, 0.25) is 0 Å². The van der Waals surface area contributed by atoms with Crippen LogP contribution in [0.25, 0.3) is 0 Å². The molecule has 1 N–H and O–H groups in total. The van der Waals surface area contributed by atoms with Gasteiger partial charge >= 0.3 is 0 Å². The van der Waals surface area contributed by atoms with E-state index in [2.05, 4.69) is 17.1 Å². The number of nitrogens with one attached hydrogen (secondary N) is 1. The molecule has 0 radical (unpaired) electrons. The molecule has 1 spiro atoms. The van der Waals surface area contributed by atoms with Crippen molar-refractivity contribution in [1.82, 2.24) is 10.2 Å². The molecule has 3 rings (SSSR count). The van der Waals surface area contributed by atoms with Gasteiger partial charge in [-0.1, -0.05) is 19.8 Å². The van der Waals surface area contributed by atoms with Crippen LogP contribution in [0.1, 0.15) is 58.3 Å². The third-order valence-corrected chi connectivity index (χ3v) is 5.06. The fourth-order valence-corrected chi connectivity index (χ4v) is 3.78. The Morgan fingerprint density at radius 1 is 1.30 bits per heavy atom. The van der Waals surface area contributed by atoms with Crippen LogP contribution in [0.15, 0.2) is 0 Å². The second kappa shape index (κ2) is 6.02. The van der Waals surface area contributed by atoms with Crippen molar-refractivity contribution >= 4 is 5.91 Å². The summed E-state index contributed by atoms with van der Waals surface area (Å²) in [5, 5.41) is 3.67. The van der Waals surface area contributed by atoms with Gasteiger partial charge in [0.1, 0.15) is 0 Å². The van der Waals surface area contributed by atoms with Gasteiger partial charge in [0.05, 0.1) is 11.7 Å². The Morgan fingerprint density at radius 2 is 2.05 bits per heavy atom. The number of hydrogen-bond donors (Lipinski definition) is 1. The van der Waals surface area contributed by atoms with E-state index in [-0.39, 0.29) is 5.54 Å². The molecule has 3 aliphatic rings. The number of carbonyl (C=O) groups is 1. The lowest BCUT2D eigenvalue weighted by Gasteiger charge is -2.29. The number of hydrogen-bond acceptors (Lipinski definition) is 3. The predicted octanol–water partition coefficient (Wildman–Crippen LogP) is 2.28. The van der Waals surface area contributed by atoms with E-state index in [1.165, 1.54) is 25.7 Å².